The Morgan fingerprint density at radius 3 is 2.50 bits per heavy atom. The third-order valence-electron chi connectivity index (χ3n) is 3.16. The molecule has 1 aliphatic rings. The van der Waals surface area contributed by atoms with Gasteiger partial charge in [-0.3, -0.25) is 14.7 Å². The minimum Gasteiger partial charge on any atom is -0.335 e. The Hall–Kier alpha value is -1.20. The van der Waals surface area contributed by atoms with Crippen molar-refractivity contribution in [1.82, 2.24) is 19.8 Å². The van der Waals surface area contributed by atoms with Crippen LogP contribution in [0.1, 0.15) is 24.3 Å². The van der Waals surface area contributed by atoms with E-state index in [0.29, 0.717) is 11.7 Å². The van der Waals surface area contributed by atoms with E-state index in [9.17, 15) is 4.79 Å². The van der Waals surface area contributed by atoms with Gasteiger partial charge in [-0.25, -0.2) is 4.98 Å². The van der Waals surface area contributed by atoms with Crippen LogP contribution in [0.15, 0.2) is 12.4 Å². The maximum absolute atomic E-state index is 12.2. The summed E-state index contributed by atoms with van der Waals surface area (Å²) in [6.45, 7) is 7.59. The highest BCUT2D eigenvalue weighted by Gasteiger charge is 2.24. The fraction of sp³-hybridized carbons (Fsp3) is 0.583. The van der Waals surface area contributed by atoms with Crippen molar-refractivity contribution in [1.29, 1.82) is 0 Å². The lowest BCUT2D eigenvalue weighted by atomic mass is 10.2. The standard InChI is InChI=1S/C12H17ClN4O/c1-9(2)16-3-5-17(6-4-16)12(18)10-7-14-8-11(13)15-10/h7-9H,3-6H2,1-2H3. The van der Waals surface area contributed by atoms with E-state index in [1.807, 2.05) is 0 Å². The highest BCUT2D eigenvalue weighted by Crippen LogP contribution is 2.10. The number of amides is 1. The number of halogens is 1. The third kappa shape index (κ3) is 2.97. The number of carbonyl (C=O) groups is 1. The maximum atomic E-state index is 12.2. The summed E-state index contributed by atoms with van der Waals surface area (Å²) in [5, 5.41) is 0.252. The van der Waals surface area contributed by atoms with E-state index in [-0.39, 0.29) is 11.1 Å². The smallest absolute Gasteiger partial charge is 0.274 e. The molecular formula is C12H17ClN4O. The molecule has 1 amide bonds. The molecule has 0 bridgehead atoms. The van der Waals surface area contributed by atoms with Gasteiger partial charge in [0.25, 0.3) is 5.91 Å². The summed E-state index contributed by atoms with van der Waals surface area (Å²) < 4.78 is 0. The van der Waals surface area contributed by atoms with Gasteiger partial charge >= 0.3 is 0 Å². The zero-order valence-corrected chi connectivity index (χ0v) is 11.4. The summed E-state index contributed by atoms with van der Waals surface area (Å²) in [6.07, 6.45) is 2.89. The zero-order chi connectivity index (χ0) is 13.1. The van der Waals surface area contributed by atoms with Crippen molar-refractivity contribution in [3.63, 3.8) is 0 Å². The monoisotopic (exact) mass is 268 g/mol. The number of nitrogens with zero attached hydrogens (tertiary/aromatic N) is 4. The van der Waals surface area contributed by atoms with E-state index >= 15 is 0 Å². The quantitative estimate of drug-likeness (QED) is 0.811. The second-order valence-electron chi connectivity index (χ2n) is 4.65. The van der Waals surface area contributed by atoms with Crippen LogP contribution in [0.4, 0.5) is 0 Å². The van der Waals surface area contributed by atoms with E-state index < -0.39 is 0 Å². The molecule has 1 aliphatic heterocycles. The Balaban J connectivity index is 1.99. The van der Waals surface area contributed by atoms with Gasteiger partial charge in [-0.2, -0.15) is 0 Å². The molecule has 6 heteroatoms. The predicted molar refractivity (Wildman–Crippen MR) is 69.7 cm³/mol. The predicted octanol–water partition coefficient (Wildman–Crippen LogP) is 1.30. The molecule has 0 aromatic carbocycles. The summed E-state index contributed by atoms with van der Waals surface area (Å²) in [5.41, 5.74) is 0.320. The van der Waals surface area contributed by atoms with Gasteiger partial charge in [-0.1, -0.05) is 11.6 Å². The number of hydrogen-bond donors (Lipinski definition) is 0. The normalized spacial score (nSPS) is 17.2. The molecule has 0 N–H and O–H groups in total. The van der Waals surface area contributed by atoms with Crippen LogP contribution >= 0.6 is 11.6 Å². The maximum Gasteiger partial charge on any atom is 0.274 e. The molecule has 18 heavy (non-hydrogen) atoms. The first-order valence-corrected chi connectivity index (χ1v) is 6.46. The summed E-state index contributed by atoms with van der Waals surface area (Å²) in [7, 11) is 0. The van der Waals surface area contributed by atoms with E-state index in [2.05, 4.69) is 28.7 Å². The van der Waals surface area contributed by atoms with Crippen molar-refractivity contribution in [3.05, 3.63) is 23.2 Å². The molecule has 1 fully saturated rings. The molecule has 0 spiro atoms. The van der Waals surface area contributed by atoms with Crippen molar-refractivity contribution in [2.24, 2.45) is 0 Å². The lowest BCUT2D eigenvalue weighted by molar-refractivity contribution is 0.0589. The molecule has 0 saturated carbocycles. The van der Waals surface area contributed by atoms with Crippen molar-refractivity contribution in [2.45, 2.75) is 19.9 Å². The lowest BCUT2D eigenvalue weighted by Gasteiger charge is -2.36. The minimum atomic E-state index is -0.0894. The largest absolute Gasteiger partial charge is 0.335 e. The van der Waals surface area contributed by atoms with Crippen LogP contribution in [0.5, 0.6) is 0 Å². The SMILES string of the molecule is CC(C)N1CCN(C(=O)c2cncc(Cl)n2)CC1. The van der Waals surface area contributed by atoms with Gasteiger partial charge in [-0.05, 0) is 13.8 Å². The van der Waals surface area contributed by atoms with E-state index in [0.717, 1.165) is 26.2 Å². The molecule has 0 radical (unpaired) electrons. The van der Waals surface area contributed by atoms with E-state index in [4.69, 9.17) is 11.6 Å². The number of aromatic nitrogens is 2. The van der Waals surface area contributed by atoms with Crippen LogP contribution < -0.4 is 0 Å². The highest BCUT2D eigenvalue weighted by molar-refractivity contribution is 6.29. The Morgan fingerprint density at radius 1 is 1.28 bits per heavy atom. The average molecular weight is 269 g/mol. The average Bonchev–Trinajstić information content (AvgIpc) is 2.38. The van der Waals surface area contributed by atoms with Gasteiger partial charge in [0.1, 0.15) is 10.8 Å². The van der Waals surface area contributed by atoms with Crippen LogP contribution in [0.2, 0.25) is 5.15 Å². The fourth-order valence-electron chi connectivity index (χ4n) is 2.05. The molecular weight excluding hydrogens is 252 g/mol. The first-order valence-electron chi connectivity index (χ1n) is 6.09. The summed E-state index contributed by atoms with van der Waals surface area (Å²) >= 11 is 5.74. The molecule has 1 saturated heterocycles. The molecule has 0 unspecified atom stereocenters. The Bertz CT molecular complexity index is 430. The molecule has 2 heterocycles. The minimum absolute atomic E-state index is 0.0894. The van der Waals surface area contributed by atoms with Crippen molar-refractivity contribution >= 4 is 17.5 Å². The summed E-state index contributed by atoms with van der Waals surface area (Å²) in [4.78, 5) is 24.2. The van der Waals surface area contributed by atoms with Gasteiger partial charge in [0.2, 0.25) is 0 Å². The first kappa shape index (κ1) is 13.2. The number of rotatable bonds is 2. The van der Waals surface area contributed by atoms with Crippen LogP contribution in [-0.2, 0) is 0 Å². The van der Waals surface area contributed by atoms with Gasteiger partial charge in [0.15, 0.2) is 0 Å². The fourth-order valence-corrected chi connectivity index (χ4v) is 2.20. The van der Waals surface area contributed by atoms with Gasteiger partial charge in [0, 0.05) is 32.2 Å². The third-order valence-corrected chi connectivity index (χ3v) is 3.34. The molecule has 2 rings (SSSR count). The van der Waals surface area contributed by atoms with Gasteiger partial charge < -0.3 is 4.90 Å². The van der Waals surface area contributed by atoms with Crippen LogP contribution in [0, 0.1) is 0 Å². The number of carbonyl (C=O) groups excluding carboxylic acids is 1. The van der Waals surface area contributed by atoms with Gasteiger partial charge in [0.05, 0.1) is 12.4 Å². The lowest BCUT2D eigenvalue weighted by Crippen LogP contribution is -2.50. The Kier molecular flexibility index (Phi) is 4.14. The van der Waals surface area contributed by atoms with Gasteiger partial charge in [-0.15, -0.1) is 0 Å². The second kappa shape index (κ2) is 5.63. The van der Waals surface area contributed by atoms with E-state index in [1.165, 1.54) is 12.4 Å². The highest BCUT2D eigenvalue weighted by atomic mass is 35.5. The molecule has 0 atom stereocenters. The number of piperazine rings is 1. The van der Waals surface area contributed by atoms with Crippen molar-refractivity contribution in [3.8, 4) is 0 Å². The van der Waals surface area contributed by atoms with Crippen molar-refractivity contribution in [2.75, 3.05) is 26.2 Å². The van der Waals surface area contributed by atoms with Crippen LogP contribution in [-0.4, -0.2) is 57.9 Å². The summed E-state index contributed by atoms with van der Waals surface area (Å²) in [5.74, 6) is -0.0894. The van der Waals surface area contributed by atoms with Crippen LogP contribution in [0.3, 0.4) is 0 Å². The zero-order valence-electron chi connectivity index (χ0n) is 10.6. The molecule has 0 aliphatic carbocycles. The Labute approximate surface area is 112 Å². The topological polar surface area (TPSA) is 49.3 Å². The Morgan fingerprint density at radius 2 is 1.94 bits per heavy atom. The summed E-state index contributed by atoms with van der Waals surface area (Å²) in [6, 6.07) is 0.521. The molecule has 5 nitrogen and oxygen atoms in total. The first-order chi connectivity index (χ1) is 8.58. The molecule has 1 aromatic rings. The van der Waals surface area contributed by atoms with Crippen molar-refractivity contribution < 1.29 is 4.79 Å². The molecule has 98 valence electrons. The van der Waals surface area contributed by atoms with Crippen LogP contribution in [0.25, 0.3) is 0 Å². The number of hydrogen-bond acceptors (Lipinski definition) is 4. The second-order valence-corrected chi connectivity index (χ2v) is 5.04. The van der Waals surface area contributed by atoms with E-state index in [1.54, 1.807) is 4.90 Å². The molecule has 1 aromatic heterocycles.